The van der Waals surface area contributed by atoms with Crippen molar-refractivity contribution in [1.82, 2.24) is 0 Å². The molecule has 0 amide bonds. The van der Waals surface area contributed by atoms with Crippen LogP contribution in [0.3, 0.4) is 0 Å². The minimum Gasteiger partial charge on any atom is -0.481 e. The molecule has 0 bridgehead atoms. The van der Waals surface area contributed by atoms with Crippen molar-refractivity contribution in [1.29, 1.82) is 0 Å². The number of benzene rings is 1. The summed E-state index contributed by atoms with van der Waals surface area (Å²) in [5, 5.41) is 19.3. The first kappa shape index (κ1) is 19.1. The molecule has 1 aromatic rings. The Kier molecular flexibility index (Phi) is 5.71. The summed E-state index contributed by atoms with van der Waals surface area (Å²) in [6.45, 7) is 3.12. The Labute approximate surface area is 150 Å². The van der Waals surface area contributed by atoms with Crippen LogP contribution in [-0.2, 0) is 19.1 Å². The lowest BCUT2D eigenvalue weighted by Crippen LogP contribution is -2.35. The first-order valence-corrected chi connectivity index (χ1v) is 7.85. The quantitative estimate of drug-likeness (QED) is 0.618. The molecule has 0 spiro atoms. The lowest BCUT2D eigenvalue weighted by Gasteiger charge is -2.30. The zero-order chi connectivity index (χ0) is 19.4. The molecule has 7 nitrogen and oxygen atoms in total. The Bertz CT molecular complexity index is 849. The van der Waals surface area contributed by atoms with Gasteiger partial charge in [-0.25, -0.2) is 9.59 Å². The highest BCUT2D eigenvalue weighted by molar-refractivity contribution is 6.06. The van der Waals surface area contributed by atoms with E-state index in [1.807, 2.05) is 0 Å². The van der Waals surface area contributed by atoms with E-state index in [1.165, 1.54) is 19.3 Å². The minimum atomic E-state index is -1.22. The molecule has 0 saturated heterocycles. The van der Waals surface area contributed by atoms with E-state index >= 15 is 0 Å². The Hall–Kier alpha value is -3.22. The van der Waals surface area contributed by atoms with Crippen molar-refractivity contribution in [2.75, 3.05) is 7.11 Å². The SMILES string of the molecule is COC(=O)C=Cc1ccccc1C1C(C(=O)O)=C(C)N=C(C)C1C(=O)O. The number of esters is 1. The van der Waals surface area contributed by atoms with Crippen LogP contribution in [0.1, 0.15) is 30.9 Å². The van der Waals surface area contributed by atoms with Crippen LogP contribution in [0, 0.1) is 5.92 Å². The number of nitrogens with zero attached hydrogens (tertiary/aromatic N) is 1. The summed E-state index contributed by atoms with van der Waals surface area (Å²) >= 11 is 0. The lowest BCUT2D eigenvalue weighted by atomic mass is 9.74. The van der Waals surface area contributed by atoms with Crippen molar-refractivity contribution in [2.45, 2.75) is 19.8 Å². The van der Waals surface area contributed by atoms with E-state index in [9.17, 15) is 24.6 Å². The number of rotatable bonds is 5. The maximum absolute atomic E-state index is 11.9. The number of aliphatic carboxylic acids is 2. The van der Waals surface area contributed by atoms with Crippen molar-refractivity contribution in [3.8, 4) is 0 Å². The predicted molar refractivity (Wildman–Crippen MR) is 94.8 cm³/mol. The van der Waals surface area contributed by atoms with E-state index in [4.69, 9.17) is 0 Å². The van der Waals surface area contributed by atoms with Crippen LogP contribution in [0.5, 0.6) is 0 Å². The van der Waals surface area contributed by atoms with Crippen LogP contribution in [-0.4, -0.2) is 40.9 Å². The van der Waals surface area contributed by atoms with E-state index in [2.05, 4.69) is 9.73 Å². The topological polar surface area (TPSA) is 113 Å². The molecular weight excluding hydrogens is 338 g/mol. The maximum Gasteiger partial charge on any atom is 0.334 e. The van der Waals surface area contributed by atoms with E-state index in [1.54, 1.807) is 38.1 Å². The van der Waals surface area contributed by atoms with E-state index in [-0.39, 0.29) is 11.3 Å². The fourth-order valence-corrected chi connectivity index (χ4v) is 3.14. The van der Waals surface area contributed by atoms with Gasteiger partial charge in [-0.05, 0) is 31.1 Å². The summed E-state index contributed by atoms with van der Waals surface area (Å²) < 4.78 is 4.57. The van der Waals surface area contributed by atoms with Gasteiger partial charge in [-0.2, -0.15) is 0 Å². The van der Waals surface area contributed by atoms with Crippen LogP contribution in [0.4, 0.5) is 0 Å². The van der Waals surface area contributed by atoms with E-state index in [0.29, 0.717) is 16.8 Å². The zero-order valence-corrected chi connectivity index (χ0v) is 14.6. The van der Waals surface area contributed by atoms with Crippen LogP contribution in [0.2, 0.25) is 0 Å². The van der Waals surface area contributed by atoms with Gasteiger partial charge in [0.1, 0.15) is 5.92 Å². The average molecular weight is 357 g/mol. The molecule has 2 unspecified atom stereocenters. The number of ether oxygens (including phenoxy) is 1. The van der Waals surface area contributed by atoms with Crippen LogP contribution in [0.25, 0.3) is 6.08 Å². The Morgan fingerprint density at radius 3 is 2.38 bits per heavy atom. The largest absolute Gasteiger partial charge is 0.481 e. The molecule has 2 atom stereocenters. The van der Waals surface area contributed by atoms with Crippen molar-refractivity contribution in [3.63, 3.8) is 0 Å². The summed E-state index contributed by atoms with van der Waals surface area (Å²) in [4.78, 5) is 39.2. The van der Waals surface area contributed by atoms with E-state index < -0.39 is 29.7 Å². The first-order chi connectivity index (χ1) is 12.3. The molecule has 0 fully saturated rings. The summed E-state index contributed by atoms with van der Waals surface area (Å²) in [6, 6.07) is 6.76. The molecular formula is C19H19NO6. The van der Waals surface area contributed by atoms with Crippen molar-refractivity contribution >= 4 is 29.7 Å². The van der Waals surface area contributed by atoms with Gasteiger partial charge in [0.25, 0.3) is 0 Å². The fourth-order valence-electron chi connectivity index (χ4n) is 3.14. The third-order valence-electron chi connectivity index (χ3n) is 4.26. The number of allylic oxidation sites excluding steroid dienone is 1. The van der Waals surface area contributed by atoms with Crippen molar-refractivity contribution in [3.05, 3.63) is 52.7 Å². The number of carbonyl (C=O) groups excluding carboxylic acids is 1. The molecule has 0 aliphatic carbocycles. The number of methoxy groups -OCH3 is 1. The summed E-state index contributed by atoms with van der Waals surface area (Å²) in [6.07, 6.45) is 2.69. The van der Waals surface area contributed by atoms with Gasteiger partial charge >= 0.3 is 17.9 Å². The van der Waals surface area contributed by atoms with Crippen LogP contribution in [0.15, 0.2) is 46.6 Å². The molecule has 26 heavy (non-hydrogen) atoms. The van der Waals surface area contributed by atoms with Gasteiger partial charge in [0, 0.05) is 23.4 Å². The molecule has 1 aliphatic heterocycles. The number of hydrogen-bond donors (Lipinski definition) is 2. The Balaban J connectivity index is 2.68. The van der Waals surface area contributed by atoms with E-state index in [0.717, 1.165) is 0 Å². The van der Waals surface area contributed by atoms with Crippen LogP contribution >= 0.6 is 0 Å². The normalized spacial score (nSPS) is 20.0. The second-order valence-electron chi connectivity index (χ2n) is 5.84. The van der Waals surface area contributed by atoms with Gasteiger partial charge in [0.05, 0.1) is 12.7 Å². The van der Waals surface area contributed by atoms with Crippen molar-refractivity contribution < 1.29 is 29.3 Å². The minimum absolute atomic E-state index is 0.0677. The molecule has 2 rings (SSSR count). The third-order valence-corrected chi connectivity index (χ3v) is 4.26. The summed E-state index contributed by atoms with van der Waals surface area (Å²) in [5.74, 6) is -4.99. The number of hydrogen-bond acceptors (Lipinski definition) is 5. The maximum atomic E-state index is 11.9. The molecule has 0 aromatic heterocycles. The second kappa shape index (κ2) is 7.77. The number of carboxylic acids is 2. The van der Waals surface area contributed by atoms with Crippen LogP contribution < -0.4 is 0 Å². The third kappa shape index (κ3) is 3.72. The van der Waals surface area contributed by atoms with Gasteiger partial charge in [0.15, 0.2) is 0 Å². The molecule has 1 aliphatic rings. The van der Waals surface area contributed by atoms with Crippen molar-refractivity contribution in [2.24, 2.45) is 10.9 Å². The van der Waals surface area contributed by atoms with Gasteiger partial charge in [-0.3, -0.25) is 9.79 Å². The molecule has 1 aromatic carbocycles. The predicted octanol–water partition coefficient (Wildman–Crippen LogP) is 2.49. The van der Waals surface area contributed by atoms with Gasteiger partial charge in [-0.15, -0.1) is 0 Å². The average Bonchev–Trinajstić information content (AvgIpc) is 2.58. The fraction of sp³-hybridized carbons (Fsp3) is 0.263. The Morgan fingerprint density at radius 1 is 1.15 bits per heavy atom. The standard InChI is InChI=1S/C19H19NO6/c1-10-15(18(22)23)17(16(19(24)25)11(2)20-10)13-7-5-4-6-12(13)8-9-14(21)26-3/h4-9,15,17H,1-3H3,(H,22,23)(H,24,25). The zero-order valence-electron chi connectivity index (χ0n) is 14.6. The summed E-state index contributed by atoms with van der Waals surface area (Å²) in [5.41, 5.74) is 1.56. The summed E-state index contributed by atoms with van der Waals surface area (Å²) in [7, 11) is 1.24. The molecule has 2 N–H and O–H groups in total. The highest BCUT2D eigenvalue weighted by atomic mass is 16.5. The molecule has 7 heteroatoms. The smallest absolute Gasteiger partial charge is 0.334 e. The lowest BCUT2D eigenvalue weighted by molar-refractivity contribution is -0.140. The number of carbonyl (C=O) groups is 3. The van der Waals surface area contributed by atoms with Gasteiger partial charge in [0.2, 0.25) is 0 Å². The van der Waals surface area contributed by atoms with Gasteiger partial charge < -0.3 is 14.9 Å². The first-order valence-electron chi connectivity index (χ1n) is 7.85. The molecule has 1 heterocycles. The molecule has 136 valence electrons. The number of carboxylic acid groups (broad SMARTS) is 2. The van der Waals surface area contributed by atoms with Gasteiger partial charge in [-0.1, -0.05) is 24.3 Å². The monoisotopic (exact) mass is 357 g/mol. The highest BCUT2D eigenvalue weighted by Gasteiger charge is 2.41. The second-order valence-corrected chi connectivity index (χ2v) is 5.84. The molecule has 0 radical (unpaired) electrons. The number of aliphatic imine (C=N–C) groups is 1. The Morgan fingerprint density at radius 2 is 1.81 bits per heavy atom. The highest BCUT2D eigenvalue weighted by Crippen LogP contribution is 2.40. The molecule has 0 saturated carbocycles.